The molecule has 0 saturated heterocycles. The Morgan fingerprint density at radius 2 is 2.00 bits per heavy atom. The number of aromatic nitrogens is 5. The van der Waals surface area contributed by atoms with Crippen LogP contribution in [0.15, 0.2) is 46.7 Å². The van der Waals surface area contributed by atoms with E-state index < -0.39 is 0 Å². The summed E-state index contributed by atoms with van der Waals surface area (Å²) in [6, 6.07) is 7.40. The second-order valence-electron chi connectivity index (χ2n) is 7.17. The number of imidazole rings is 1. The van der Waals surface area contributed by atoms with Crippen molar-refractivity contribution in [2.24, 2.45) is 0 Å². The highest BCUT2D eigenvalue weighted by Crippen LogP contribution is 2.31. The number of amides is 1. The van der Waals surface area contributed by atoms with Crippen LogP contribution in [0.1, 0.15) is 17.0 Å². The Kier molecular flexibility index (Phi) is 4.44. The Hall–Kier alpha value is -3.79. The van der Waals surface area contributed by atoms with Gasteiger partial charge < -0.3 is 5.32 Å². The van der Waals surface area contributed by atoms with Crippen LogP contribution < -0.4 is 10.9 Å². The summed E-state index contributed by atoms with van der Waals surface area (Å²) < 4.78 is 16.7. The fraction of sp³-hybridized carbons (Fsp3) is 0.143. The highest BCUT2D eigenvalue weighted by atomic mass is 32.1. The highest BCUT2D eigenvalue weighted by Gasteiger charge is 2.19. The number of halogens is 1. The number of hydrogen-bond donors (Lipinski definition) is 2. The number of fused-ring (bicyclic) bond motifs is 2. The molecular formula is C21H17FN6O2S. The van der Waals surface area contributed by atoms with Crippen LogP contribution in [0.25, 0.3) is 21.9 Å². The second kappa shape index (κ2) is 7.17. The molecule has 4 aromatic heterocycles. The molecule has 0 radical (unpaired) electrons. The fourth-order valence-corrected chi connectivity index (χ4v) is 4.38. The van der Waals surface area contributed by atoms with Crippen molar-refractivity contribution < 1.29 is 9.18 Å². The lowest BCUT2D eigenvalue weighted by Gasteiger charge is -2.12. The summed E-state index contributed by atoms with van der Waals surface area (Å²) in [5, 5.41) is 7.52. The van der Waals surface area contributed by atoms with E-state index in [-0.39, 0.29) is 23.7 Å². The Morgan fingerprint density at radius 3 is 2.77 bits per heavy atom. The average Bonchev–Trinajstić information content (AvgIpc) is 3.41. The summed E-state index contributed by atoms with van der Waals surface area (Å²) in [6.07, 6.45) is 1.89. The quantitative estimate of drug-likeness (QED) is 0.452. The standard InChI is InChI=1S/C21H17FN6O2S/c1-11-15(12(2)28-16(23-11)10-18(30)26-28)9-17(29)24-20-19(13-3-5-14(22)6-4-13)25-21-27(20)7-8-31-21/h3-8,10H,9H2,1-2H3,(H,24,29)(H,26,30). The number of thiazole rings is 1. The van der Waals surface area contributed by atoms with E-state index in [1.165, 1.54) is 29.5 Å². The molecule has 4 heterocycles. The van der Waals surface area contributed by atoms with Gasteiger partial charge in [-0.15, -0.1) is 11.3 Å². The molecule has 156 valence electrons. The molecule has 0 aliphatic rings. The number of aromatic amines is 1. The van der Waals surface area contributed by atoms with Crippen molar-refractivity contribution in [3.05, 3.63) is 75.0 Å². The summed E-state index contributed by atoms with van der Waals surface area (Å²) in [5.41, 5.74) is 3.68. The Morgan fingerprint density at radius 1 is 1.23 bits per heavy atom. The zero-order chi connectivity index (χ0) is 21.7. The molecule has 1 amide bonds. The number of nitrogens with zero attached hydrogens (tertiary/aromatic N) is 4. The van der Waals surface area contributed by atoms with E-state index in [9.17, 15) is 14.0 Å². The summed E-state index contributed by atoms with van der Waals surface area (Å²) in [7, 11) is 0. The number of hydrogen-bond acceptors (Lipinski definition) is 5. The highest BCUT2D eigenvalue weighted by molar-refractivity contribution is 7.15. The van der Waals surface area contributed by atoms with Crippen molar-refractivity contribution in [2.45, 2.75) is 20.3 Å². The maximum atomic E-state index is 13.4. The molecule has 0 bridgehead atoms. The normalized spacial score (nSPS) is 11.5. The molecule has 5 aromatic rings. The number of rotatable bonds is 4. The van der Waals surface area contributed by atoms with Gasteiger partial charge in [0.1, 0.15) is 17.3 Å². The largest absolute Gasteiger partial charge is 0.310 e. The second-order valence-corrected chi connectivity index (χ2v) is 8.04. The van der Waals surface area contributed by atoms with Gasteiger partial charge in [-0.1, -0.05) is 0 Å². The van der Waals surface area contributed by atoms with E-state index in [1.54, 1.807) is 21.0 Å². The summed E-state index contributed by atoms with van der Waals surface area (Å²) in [5.74, 6) is -0.0722. The van der Waals surface area contributed by atoms with Gasteiger partial charge in [0, 0.05) is 40.2 Å². The first-order valence-electron chi connectivity index (χ1n) is 9.50. The van der Waals surface area contributed by atoms with Crippen LogP contribution in [0.5, 0.6) is 0 Å². The molecular weight excluding hydrogens is 419 g/mol. The molecule has 0 aliphatic carbocycles. The maximum Gasteiger partial charge on any atom is 0.266 e. The summed E-state index contributed by atoms with van der Waals surface area (Å²) in [4.78, 5) is 34.4. The predicted octanol–water partition coefficient (Wildman–Crippen LogP) is 3.34. The number of H-pyrrole nitrogens is 1. The molecule has 0 fully saturated rings. The molecule has 1 aromatic carbocycles. The fourth-order valence-electron chi connectivity index (χ4n) is 3.66. The van der Waals surface area contributed by atoms with Gasteiger partial charge in [0.2, 0.25) is 5.91 Å². The van der Waals surface area contributed by atoms with Crippen LogP contribution in [0.4, 0.5) is 10.2 Å². The van der Waals surface area contributed by atoms with Gasteiger partial charge >= 0.3 is 0 Å². The third-order valence-electron chi connectivity index (χ3n) is 5.18. The van der Waals surface area contributed by atoms with Gasteiger partial charge in [0.15, 0.2) is 10.6 Å². The maximum absolute atomic E-state index is 13.4. The minimum atomic E-state index is -0.341. The number of benzene rings is 1. The molecule has 2 N–H and O–H groups in total. The van der Waals surface area contributed by atoms with Crippen molar-refractivity contribution >= 4 is 33.7 Å². The number of aryl methyl sites for hydroxylation is 2. The van der Waals surface area contributed by atoms with Gasteiger partial charge in [-0.05, 0) is 38.1 Å². The van der Waals surface area contributed by atoms with E-state index in [0.29, 0.717) is 28.4 Å². The van der Waals surface area contributed by atoms with E-state index in [0.717, 1.165) is 16.2 Å². The number of carbonyl (C=O) groups is 1. The smallest absolute Gasteiger partial charge is 0.266 e. The van der Waals surface area contributed by atoms with E-state index in [4.69, 9.17) is 0 Å². The summed E-state index contributed by atoms with van der Waals surface area (Å²) in [6.45, 7) is 3.65. The molecule has 0 unspecified atom stereocenters. The van der Waals surface area contributed by atoms with Gasteiger partial charge in [-0.25, -0.2) is 18.9 Å². The Balaban J connectivity index is 1.51. The van der Waals surface area contributed by atoms with Gasteiger partial charge in [0.05, 0.1) is 6.42 Å². The molecule has 0 spiro atoms. The predicted molar refractivity (Wildman–Crippen MR) is 116 cm³/mol. The van der Waals surface area contributed by atoms with Crippen molar-refractivity contribution in [3.63, 3.8) is 0 Å². The van der Waals surface area contributed by atoms with Crippen LogP contribution in [-0.2, 0) is 11.2 Å². The molecule has 0 aliphatic heterocycles. The van der Waals surface area contributed by atoms with Gasteiger partial charge in [0.25, 0.3) is 5.56 Å². The lowest BCUT2D eigenvalue weighted by atomic mass is 10.1. The molecule has 0 saturated carbocycles. The first-order chi connectivity index (χ1) is 14.9. The summed E-state index contributed by atoms with van der Waals surface area (Å²) >= 11 is 1.44. The van der Waals surface area contributed by atoms with Gasteiger partial charge in [-0.3, -0.25) is 19.1 Å². The lowest BCUT2D eigenvalue weighted by Crippen LogP contribution is -2.19. The topological polar surface area (TPSA) is 96.6 Å². The number of carbonyl (C=O) groups excluding carboxylic acids is 1. The third-order valence-corrected chi connectivity index (χ3v) is 5.93. The van der Waals surface area contributed by atoms with E-state index >= 15 is 0 Å². The SMILES string of the molecule is Cc1nc2cc(=O)[nH]n2c(C)c1CC(=O)Nc1c(-c2ccc(F)cc2)nc2sccn12. The molecule has 31 heavy (non-hydrogen) atoms. The van der Waals surface area contributed by atoms with Crippen LogP contribution in [-0.4, -0.2) is 29.9 Å². The Bertz CT molecular complexity index is 1510. The van der Waals surface area contributed by atoms with Crippen LogP contribution in [0.2, 0.25) is 0 Å². The van der Waals surface area contributed by atoms with Gasteiger partial charge in [-0.2, -0.15) is 0 Å². The molecule has 10 heteroatoms. The number of anilines is 1. The Labute approximate surface area is 179 Å². The average molecular weight is 436 g/mol. The van der Waals surface area contributed by atoms with E-state index in [2.05, 4.69) is 20.4 Å². The van der Waals surface area contributed by atoms with Crippen LogP contribution in [0.3, 0.4) is 0 Å². The first-order valence-corrected chi connectivity index (χ1v) is 10.4. The monoisotopic (exact) mass is 436 g/mol. The minimum Gasteiger partial charge on any atom is -0.310 e. The van der Waals surface area contributed by atoms with Crippen LogP contribution >= 0.6 is 11.3 Å². The zero-order valence-electron chi connectivity index (χ0n) is 16.6. The van der Waals surface area contributed by atoms with Crippen molar-refractivity contribution in [1.29, 1.82) is 0 Å². The lowest BCUT2D eigenvalue weighted by molar-refractivity contribution is -0.115. The van der Waals surface area contributed by atoms with Crippen molar-refractivity contribution in [2.75, 3.05) is 5.32 Å². The van der Waals surface area contributed by atoms with Crippen molar-refractivity contribution in [1.82, 2.24) is 24.0 Å². The number of nitrogens with one attached hydrogen (secondary N) is 2. The molecule has 0 atom stereocenters. The third kappa shape index (κ3) is 3.30. The van der Waals surface area contributed by atoms with Crippen LogP contribution in [0, 0.1) is 19.7 Å². The van der Waals surface area contributed by atoms with Crippen molar-refractivity contribution in [3.8, 4) is 11.3 Å². The molecule has 5 rings (SSSR count). The van der Waals surface area contributed by atoms with E-state index in [1.807, 2.05) is 25.4 Å². The zero-order valence-corrected chi connectivity index (χ0v) is 17.5. The first kappa shape index (κ1) is 19.2. The minimum absolute atomic E-state index is 0.0705. The molecule has 8 nitrogen and oxygen atoms in total.